The summed E-state index contributed by atoms with van der Waals surface area (Å²) in [6, 6.07) is -0.339. The van der Waals surface area contributed by atoms with Crippen LogP contribution in [0.15, 0.2) is 5.11 Å². The average Bonchev–Trinajstić information content (AvgIpc) is 2.16. The maximum absolute atomic E-state index is 11.2. The second kappa shape index (κ2) is 7.17. The average molecular weight is 200 g/mol. The van der Waals surface area contributed by atoms with E-state index in [1.54, 1.807) is 0 Å². The number of nitrogens with one attached hydrogen (secondary N) is 1. The summed E-state index contributed by atoms with van der Waals surface area (Å²) in [6.07, 6.45) is 0. The van der Waals surface area contributed by atoms with E-state index in [2.05, 4.69) is 20.1 Å². The van der Waals surface area contributed by atoms with Crippen LogP contribution >= 0.6 is 0 Å². The van der Waals surface area contributed by atoms with Crippen LogP contribution < -0.4 is 5.32 Å². The van der Waals surface area contributed by atoms with Gasteiger partial charge in [-0.2, -0.15) is 0 Å². The minimum Gasteiger partial charge on any atom is -0.468 e. The Bertz CT molecular complexity index is 223. The summed E-state index contributed by atoms with van der Waals surface area (Å²) >= 11 is 0. The highest BCUT2D eigenvalue weighted by Crippen LogP contribution is 2.02. The van der Waals surface area contributed by atoms with E-state index in [9.17, 15) is 4.79 Å². The first-order valence-electron chi connectivity index (χ1n) is 4.45. The lowest BCUT2D eigenvalue weighted by atomic mass is 10.1. The minimum atomic E-state index is -0.339. The highest BCUT2D eigenvalue weighted by atomic mass is 16.5. The van der Waals surface area contributed by atoms with Gasteiger partial charge in [0.05, 0.1) is 7.11 Å². The Kier molecular flexibility index (Phi) is 6.53. The molecule has 0 bridgehead atoms. The molecule has 0 fully saturated rings. The molecule has 0 aliphatic heterocycles. The fourth-order valence-electron chi connectivity index (χ4n) is 1.03. The van der Waals surface area contributed by atoms with Gasteiger partial charge in [0.25, 0.3) is 0 Å². The molecule has 6 heteroatoms. The van der Waals surface area contributed by atoms with E-state index in [0.717, 1.165) is 0 Å². The highest BCUT2D eigenvalue weighted by Gasteiger charge is 2.21. The number of esters is 1. The lowest BCUT2D eigenvalue weighted by Gasteiger charge is -2.19. The van der Waals surface area contributed by atoms with E-state index in [0.29, 0.717) is 13.1 Å². The first kappa shape index (κ1) is 12.7. The molecule has 6 nitrogen and oxygen atoms in total. The molecular formula is C8H16N4O2. The van der Waals surface area contributed by atoms with E-state index >= 15 is 0 Å². The van der Waals surface area contributed by atoms with Gasteiger partial charge in [-0.25, -0.2) is 0 Å². The van der Waals surface area contributed by atoms with Crippen LogP contribution in [-0.2, 0) is 9.53 Å². The zero-order valence-electron chi connectivity index (χ0n) is 8.73. The van der Waals surface area contributed by atoms with Crippen LogP contribution in [0.2, 0.25) is 0 Å². The number of carbonyl (C=O) groups is 1. The zero-order valence-corrected chi connectivity index (χ0v) is 8.73. The maximum Gasteiger partial charge on any atom is 0.323 e. The number of ether oxygens (including phenoxy) is 1. The third-order valence-corrected chi connectivity index (χ3v) is 1.76. The summed E-state index contributed by atoms with van der Waals surface area (Å²) in [6.45, 7) is 4.64. The van der Waals surface area contributed by atoms with E-state index < -0.39 is 0 Å². The molecule has 80 valence electrons. The molecule has 0 heterocycles. The van der Waals surface area contributed by atoms with Gasteiger partial charge in [0, 0.05) is 18.0 Å². The number of carbonyl (C=O) groups excluding carboxylic acids is 1. The van der Waals surface area contributed by atoms with Gasteiger partial charge in [0.2, 0.25) is 0 Å². The predicted octanol–water partition coefficient (Wildman–Crippen LogP) is 1.08. The molecule has 1 N–H and O–H groups in total. The van der Waals surface area contributed by atoms with Gasteiger partial charge in [-0.15, -0.1) is 0 Å². The van der Waals surface area contributed by atoms with Crippen molar-refractivity contribution >= 4 is 5.97 Å². The molecule has 0 radical (unpaired) electrons. The van der Waals surface area contributed by atoms with Crippen LogP contribution in [-0.4, -0.2) is 32.2 Å². The molecule has 1 unspecified atom stereocenters. The Morgan fingerprint density at radius 2 is 2.29 bits per heavy atom. The molecule has 0 spiro atoms. The normalized spacial score (nSPS) is 12.0. The van der Waals surface area contributed by atoms with Crippen molar-refractivity contribution in [2.24, 2.45) is 11.0 Å². The standard InChI is InChI=1S/C8H16N4O2/c1-6(2)7(8(13)14-3)10-4-5-11-12-9/h6-7,10H,4-5H2,1-3H3. The van der Waals surface area contributed by atoms with Gasteiger partial charge in [-0.1, -0.05) is 19.0 Å². The Hall–Kier alpha value is -1.26. The molecule has 1 atom stereocenters. The van der Waals surface area contributed by atoms with Crippen LogP contribution in [0.25, 0.3) is 10.4 Å². The number of hydrogen-bond donors (Lipinski definition) is 1. The number of methoxy groups -OCH3 is 1. The summed E-state index contributed by atoms with van der Waals surface area (Å²) in [5, 5.41) is 6.32. The van der Waals surface area contributed by atoms with Gasteiger partial charge in [0.15, 0.2) is 0 Å². The first-order chi connectivity index (χ1) is 6.63. The quantitative estimate of drug-likeness (QED) is 0.229. The molecule has 0 rings (SSSR count). The van der Waals surface area contributed by atoms with E-state index in [-0.39, 0.29) is 17.9 Å². The van der Waals surface area contributed by atoms with Crippen molar-refractivity contribution in [2.45, 2.75) is 19.9 Å². The van der Waals surface area contributed by atoms with Gasteiger partial charge in [-0.3, -0.25) is 4.79 Å². The molecule has 0 aliphatic rings. The van der Waals surface area contributed by atoms with Crippen molar-refractivity contribution in [2.75, 3.05) is 20.2 Å². The smallest absolute Gasteiger partial charge is 0.323 e. The van der Waals surface area contributed by atoms with Crippen molar-refractivity contribution in [3.8, 4) is 0 Å². The molecule has 14 heavy (non-hydrogen) atoms. The molecule has 0 aromatic heterocycles. The Balaban J connectivity index is 3.97. The highest BCUT2D eigenvalue weighted by molar-refractivity contribution is 5.75. The maximum atomic E-state index is 11.2. The van der Waals surface area contributed by atoms with Crippen LogP contribution in [0.1, 0.15) is 13.8 Å². The molecular weight excluding hydrogens is 184 g/mol. The van der Waals surface area contributed by atoms with Crippen molar-refractivity contribution in [3.63, 3.8) is 0 Å². The fraction of sp³-hybridized carbons (Fsp3) is 0.875. The molecule has 0 aromatic carbocycles. The zero-order chi connectivity index (χ0) is 11.0. The Morgan fingerprint density at radius 1 is 1.64 bits per heavy atom. The second-order valence-corrected chi connectivity index (χ2v) is 3.15. The predicted molar refractivity (Wildman–Crippen MR) is 52.7 cm³/mol. The topological polar surface area (TPSA) is 87.1 Å². The molecule has 0 aliphatic carbocycles. The van der Waals surface area contributed by atoms with Crippen molar-refractivity contribution < 1.29 is 9.53 Å². The van der Waals surface area contributed by atoms with Crippen LogP contribution in [0, 0.1) is 5.92 Å². The lowest BCUT2D eigenvalue weighted by molar-refractivity contribution is -0.144. The van der Waals surface area contributed by atoms with E-state index in [1.165, 1.54) is 7.11 Å². The summed E-state index contributed by atoms with van der Waals surface area (Å²) in [7, 11) is 1.35. The van der Waals surface area contributed by atoms with E-state index in [4.69, 9.17) is 5.53 Å². The number of rotatable bonds is 6. The van der Waals surface area contributed by atoms with Crippen LogP contribution in [0.5, 0.6) is 0 Å². The van der Waals surface area contributed by atoms with Gasteiger partial charge < -0.3 is 10.1 Å². The van der Waals surface area contributed by atoms with Crippen molar-refractivity contribution in [1.82, 2.24) is 5.32 Å². The first-order valence-corrected chi connectivity index (χ1v) is 4.45. The number of nitrogens with zero attached hydrogens (tertiary/aromatic N) is 3. The largest absolute Gasteiger partial charge is 0.468 e. The SMILES string of the molecule is COC(=O)C(NCCN=[N+]=[N-])C(C)C. The number of hydrogen-bond acceptors (Lipinski definition) is 4. The van der Waals surface area contributed by atoms with Crippen LogP contribution in [0.3, 0.4) is 0 Å². The molecule has 0 saturated heterocycles. The third kappa shape index (κ3) is 4.69. The summed E-state index contributed by atoms with van der Waals surface area (Å²) in [5.74, 6) is -0.144. The minimum absolute atomic E-state index is 0.147. The van der Waals surface area contributed by atoms with Crippen molar-refractivity contribution in [3.05, 3.63) is 10.4 Å². The Labute approximate surface area is 83.3 Å². The van der Waals surface area contributed by atoms with Gasteiger partial charge >= 0.3 is 5.97 Å². The summed E-state index contributed by atoms with van der Waals surface area (Å²) in [4.78, 5) is 13.8. The molecule has 0 amide bonds. The van der Waals surface area contributed by atoms with Gasteiger partial charge in [-0.05, 0) is 11.4 Å². The van der Waals surface area contributed by atoms with Crippen LogP contribution in [0.4, 0.5) is 0 Å². The molecule has 0 saturated carbocycles. The second-order valence-electron chi connectivity index (χ2n) is 3.15. The fourth-order valence-corrected chi connectivity index (χ4v) is 1.03. The summed E-state index contributed by atoms with van der Waals surface area (Å²) < 4.78 is 4.63. The van der Waals surface area contributed by atoms with Gasteiger partial charge in [0.1, 0.15) is 6.04 Å². The molecule has 0 aromatic rings. The summed E-state index contributed by atoms with van der Waals surface area (Å²) in [5.41, 5.74) is 8.03. The monoisotopic (exact) mass is 200 g/mol. The third-order valence-electron chi connectivity index (χ3n) is 1.76. The lowest BCUT2D eigenvalue weighted by Crippen LogP contribution is -2.42. The van der Waals surface area contributed by atoms with E-state index in [1.807, 2.05) is 13.8 Å². The Morgan fingerprint density at radius 3 is 2.71 bits per heavy atom. The van der Waals surface area contributed by atoms with Crippen molar-refractivity contribution in [1.29, 1.82) is 0 Å². The number of azide groups is 1.